The van der Waals surface area contributed by atoms with E-state index in [-0.39, 0.29) is 0 Å². The zero-order valence-electron chi connectivity index (χ0n) is 10.7. The van der Waals surface area contributed by atoms with E-state index < -0.39 is 55.4 Å². The Balaban J connectivity index is 2.16. The van der Waals surface area contributed by atoms with Gasteiger partial charge in [-0.2, -0.15) is 5.10 Å². The van der Waals surface area contributed by atoms with E-state index in [1.54, 1.807) is 0 Å². The zero-order valence-corrected chi connectivity index (χ0v) is 11.6. The van der Waals surface area contributed by atoms with Crippen molar-refractivity contribution in [3.05, 3.63) is 16.3 Å². The van der Waals surface area contributed by atoms with Crippen LogP contribution in [0.3, 0.4) is 0 Å². The second-order valence-electron chi connectivity index (χ2n) is 4.41. The van der Waals surface area contributed by atoms with E-state index in [4.69, 9.17) is 10.5 Å². The molecule has 14 heteroatoms. The molecule has 0 aliphatic carbocycles. The molecule has 13 nitrogen and oxygen atoms in total. The first kappa shape index (κ1) is 16.8. The summed E-state index contributed by atoms with van der Waals surface area (Å²) in [5.41, 5.74) is 4.96. The van der Waals surface area contributed by atoms with E-state index in [1.165, 1.54) is 0 Å². The van der Waals surface area contributed by atoms with E-state index in [2.05, 4.69) is 9.62 Å². The summed E-state index contributed by atoms with van der Waals surface area (Å²) in [5.74, 6) is -0.430. The average molecular weight is 338 g/mol. The monoisotopic (exact) mass is 338 g/mol. The van der Waals surface area contributed by atoms with Gasteiger partial charge in [0.2, 0.25) is 5.82 Å². The third kappa shape index (κ3) is 3.25. The molecule has 0 saturated carbocycles. The number of aromatic nitrogens is 2. The predicted molar refractivity (Wildman–Crippen MR) is 62.8 cm³/mol. The van der Waals surface area contributed by atoms with Gasteiger partial charge < -0.3 is 39.6 Å². The molecule has 0 spiro atoms. The molecule has 2 heterocycles. The van der Waals surface area contributed by atoms with Crippen LogP contribution in [-0.4, -0.2) is 49.8 Å². The smallest absolute Gasteiger partial charge is 0.330 e. The van der Waals surface area contributed by atoms with Gasteiger partial charge in [0.05, 0.1) is 19.4 Å². The number of aliphatic hydroxyl groups is 2. The minimum Gasteiger partial charge on any atom is -0.790 e. The maximum Gasteiger partial charge on any atom is 0.330 e. The molecule has 0 bridgehead atoms. The number of nitrogens with two attached hydrogens (primary N) is 1. The van der Waals surface area contributed by atoms with Crippen molar-refractivity contribution < 1.29 is 38.7 Å². The van der Waals surface area contributed by atoms with Gasteiger partial charge >= 0.3 is 5.69 Å². The highest BCUT2D eigenvalue weighted by atomic mass is 31.2. The van der Waals surface area contributed by atoms with Crippen molar-refractivity contribution in [3.8, 4) is 0 Å². The lowest BCUT2D eigenvalue weighted by molar-refractivity contribution is -0.384. The number of nitro groups is 1. The van der Waals surface area contributed by atoms with Crippen LogP contribution in [0.2, 0.25) is 0 Å². The molecule has 1 fully saturated rings. The van der Waals surface area contributed by atoms with Gasteiger partial charge in [-0.15, -0.1) is 0 Å². The van der Waals surface area contributed by atoms with Crippen LogP contribution in [0.25, 0.3) is 0 Å². The zero-order chi connectivity index (χ0) is 16.7. The van der Waals surface area contributed by atoms with Gasteiger partial charge in [-0.3, -0.25) is 10.1 Å². The van der Waals surface area contributed by atoms with Crippen molar-refractivity contribution in [3.63, 3.8) is 0 Å². The SMILES string of the molecule is Nc1c([N+](=O)[O-])cnn1[C@@H]1O[C@H](COP(=O)([O-])[O-])[C@@H](O)[C@H]1O. The van der Waals surface area contributed by atoms with Crippen LogP contribution in [0.15, 0.2) is 6.20 Å². The van der Waals surface area contributed by atoms with Crippen molar-refractivity contribution in [1.82, 2.24) is 9.78 Å². The van der Waals surface area contributed by atoms with Crippen molar-refractivity contribution >= 4 is 19.3 Å². The second-order valence-corrected chi connectivity index (χ2v) is 5.56. The number of nitrogens with zero attached hydrogens (tertiary/aromatic N) is 3. The van der Waals surface area contributed by atoms with Crippen molar-refractivity contribution in [2.45, 2.75) is 24.5 Å². The Morgan fingerprint density at radius 3 is 2.64 bits per heavy atom. The Labute approximate surface area is 122 Å². The Hall–Kier alpha value is -1.60. The van der Waals surface area contributed by atoms with Crippen molar-refractivity contribution in [1.29, 1.82) is 0 Å². The molecule has 0 amide bonds. The summed E-state index contributed by atoms with van der Waals surface area (Å²) in [6.45, 7) is -0.831. The predicted octanol–water partition coefficient (Wildman–Crippen LogP) is -3.16. The highest BCUT2D eigenvalue weighted by molar-refractivity contribution is 7.43. The molecular formula is C8H11N4O9P-2. The summed E-state index contributed by atoms with van der Waals surface area (Å²) in [7, 11) is -5.28. The summed E-state index contributed by atoms with van der Waals surface area (Å²) in [6, 6.07) is 0. The summed E-state index contributed by atoms with van der Waals surface area (Å²) in [5, 5.41) is 33.8. The van der Waals surface area contributed by atoms with Gasteiger partial charge in [0, 0.05) is 0 Å². The molecule has 22 heavy (non-hydrogen) atoms. The van der Waals surface area contributed by atoms with E-state index in [9.17, 15) is 34.7 Å². The number of aliphatic hydroxyl groups excluding tert-OH is 2. The maximum atomic E-state index is 10.7. The second kappa shape index (κ2) is 5.89. The summed E-state index contributed by atoms with van der Waals surface area (Å²) in [4.78, 5) is 30.7. The lowest BCUT2D eigenvalue weighted by Gasteiger charge is -2.30. The molecule has 1 aromatic rings. The highest BCUT2D eigenvalue weighted by Gasteiger charge is 2.45. The fraction of sp³-hybridized carbons (Fsp3) is 0.625. The van der Waals surface area contributed by atoms with Gasteiger partial charge in [0.15, 0.2) is 6.23 Å². The fourth-order valence-corrected chi connectivity index (χ4v) is 2.27. The summed E-state index contributed by atoms with van der Waals surface area (Å²) < 4.78 is 20.2. The molecule has 2 rings (SSSR count). The molecular weight excluding hydrogens is 327 g/mol. The van der Waals surface area contributed by atoms with Crippen LogP contribution in [0.5, 0.6) is 0 Å². The largest absolute Gasteiger partial charge is 0.790 e. The summed E-state index contributed by atoms with van der Waals surface area (Å²) >= 11 is 0. The minimum absolute atomic E-state index is 0.430. The van der Waals surface area contributed by atoms with E-state index >= 15 is 0 Å². The van der Waals surface area contributed by atoms with E-state index in [1.807, 2.05) is 0 Å². The number of hydrogen-bond acceptors (Lipinski definition) is 11. The lowest BCUT2D eigenvalue weighted by Crippen LogP contribution is -2.34. The molecule has 1 aliphatic heterocycles. The average Bonchev–Trinajstić information content (AvgIpc) is 2.90. The highest BCUT2D eigenvalue weighted by Crippen LogP contribution is 2.35. The van der Waals surface area contributed by atoms with Gasteiger partial charge in [-0.25, -0.2) is 4.68 Å². The molecule has 124 valence electrons. The van der Waals surface area contributed by atoms with Gasteiger partial charge in [0.25, 0.3) is 0 Å². The van der Waals surface area contributed by atoms with Crippen LogP contribution in [0, 0.1) is 10.1 Å². The van der Waals surface area contributed by atoms with Gasteiger partial charge in [0.1, 0.15) is 24.5 Å². The lowest BCUT2D eigenvalue weighted by atomic mass is 10.1. The number of anilines is 1. The minimum atomic E-state index is -5.28. The Morgan fingerprint density at radius 1 is 1.50 bits per heavy atom. The molecule has 4 N–H and O–H groups in total. The first-order valence-corrected chi connectivity index (χ1v) is 7.23. The standard InChI is InChI=1S/C8H13N4O9P/c9-7-3(12(15)16)1-10-11(7)8-6(14)5(13)4(21-8)2-20-22(17,18)19/h1,4-6,8,13-14H,2,9H2,(H2,17,18,19)/p-2/t4-,5-,6-,8-/m1/s1. The fourth-order valence-electron chi connectivity index (χ4n) is 1.94. The number of phosphoric acid groups is 1. The molecule has 0 radical (unpaired) electrons. The summed E-state index contributed by atoms with van der Waals surface area (Å²) in [6.07, 6.45) is -5.17. The number of phosphoric ester groups is 1. The Morgan fingerprint density at radius 2 is 2.14 bits per heavy atom. The quantitative estimate of drug-likeness (QED) is 0.277. The molecule has 1 aromatic heterocycles. The van der Waals surface area contributed by atoms with Crippen LogP contribution in [-0.2, 0) is 13.8 Å². The molecule has 1 saturated heterocycles. The third-order valence-electron chi connectivity index (χ3n) is 2.99. The number of rotatable bonds is 5. The van der Waals surface area contributed by atoms with Crippen LogP contribution in [0.1, 0.15) is 6.23 Å². The van der Waals surface area contributed by atoms with Crippen molar-refractivity contribution in [2.24, 2.45) is 0 Å². The van der Waals surface area contributed by atoms with Gasteiger partial charge in [-0.1, -0.05) is 0 Å². The first-order chi connectivity index (χ1) is 10.1. The normalized spacial score (nSPS) is 28.9. The van der Waals surface area contributed by atoms with Gasteiger partial charge in [-0.05, 0) is 0 Å². The molecule has 4 atom stereocenters. The van der Waals surface area contributed by atoms with E-state index in [0.717, 1.165) is 10.9 Å². The van der Waals surface area contributed by atoms with Crippen LogP contribution in [0.4, 0.5) is 11.5 Å². The number of hydrogen-bond donors (Lipinski definition) is 3. The topological polar surface area (TPSA) is 209 Å². The molecule has 0 unspecified atom stereocenters. The first-order valence-electron chi connectivity index (χ1n) is 5.77. The molecule has 0 aromatic carbocycles. The van der Waals surface area contributed by atoms with Crippen molar-refractivity contribution in [2.75, 3.05) is 12.3 Å². The maximum absolute atomic E-state index is 10.7. The van der Waals surface area contributed by atoms with Crippen LogP contribution >= 0.6 is 7.82 Å². The van der Waals surface area contributed by atoms with E-state index in [0.29, 0.717) is 0 Å². The number of nitrogen functional groups attached to an aromatic ring is 1. The molecule has 1 aliphatic rings. The van der Waals surface area contributed by atoms with Crippen LogP contribution < -0.4 is 15.5 Å². The Bertz CT molecular complexity index is 615. The number of ether oxygens (including phenoxy) is 1. The Kier molecular flexibility index (Phi) is 4.49. The third-order valence-corrected chi connectivity index (χ3v) is 3.45.